The monoisotopic (exact) mass is 617 g/mol. The predicted molar refractivity (Wildman–Crippen MR) is 134 cm³/mol. The van der Waals surface area contributed by atoms with E-state index in [9.17, 15) is 34.4 Å². The van der Waals surface area contributed by atoms with E-state index in [4.69, 9.17) is 20.4 Å². The number of benzene rings is 1. The molecule has 2 fully saturated rings. The van der Waals surface area contributed by atoms with Gasteiger partial charge in [-0.25, -0.2) is 17.6 Å². The Bertz CT molecular complexity index is 1360. The van der Waals surface area contributed by atoms with Crippen molar-refractivity contribution in [3.05, 3.63) is 52.7 Å². The largest absolute Gasteiger partial charge is 0.490 e. The van der Waals surface area contributed by atoms with Crippen LogP contribution in [-0.2, 0) is 36.1 Å². The molecular weight excluding hydrogens is 590 g/mol. The summed E-state index contributed by atoms with van der Waals surface area (Å²) in [6.07, 6.45) is -4.86. The predicted octanol–water partition coefficient (Wildman–Crippen LogP) is 2.19. The maximum atomic E-state index is 14.5. The number of morpholine rings is 1. The lowest BCUT2D eigenvalue weighted by Gasteiger charge is -2.32. The lowest BCUT2D eigenvalue weighted by atomic mass is 9.96. The molecule has 2 aliphatic rings. The van der Waals surface area contributed by atoms with Crippen LogP contribution in [0, 0.1) is 5.82 Å². The van der Waals surface area contributed by atoms with E-state index in [1.807, 2.05) is 0 Å². The number of hydrogen-bond acceptors (Lipinski definition) is 8. The van der Waals surface area contributed by atoms with Gasteiger partial charge < -0.3 is 15.6 Å². The first-order valence-electron chi connectivity index (χ1n) is 11.6. The van der Waals surface area contributed by atoms with Crippen molar-refractivity contribution in [2.75, 3.05) is 38.6 Å². The van der Waals surface area contributed by atoms with Crippen LogP contribution in [0.1, 0.15) is 22.8 Å². The third kappa shape index (κ3) is 7.74. The van der Waals surface area contributed by atoms with Gasteiger partial charge in [-0.2, -0.15) is 30.2 Å². The van der Waals surface area contributed by atoms with Crippen molar-refractivity contribution in [2.24, 2.45) is 5.73 Å². The molecule has 2 unspecified atom stereocenters. The standard InChI is InChI=1S/C20H26FN3O5S3.C2HF3O2/c21-19-4-2-1-3-18(19)15-11-16(14-31(25,26)20-6-5-17(12-22)30-20)24(13-15)32(27,28)23-7-9-29-10-8-23;3-2(4,5)1(6)7/h1-6,15-16H,7-14,22H2;(H,6,7). The van der Waals surface area contributed by atoms with Crippen molar-refractivity contribution in [1.29, 1.82) is 0 Å². The summed E-state index contributed by atoms with van der Waals surface area (Å²) in [6, 6.07) is 8.60. The van der Waals surface area contributed by atoms with Crippen molar-refractivity contribution in [2.45, 2.75) is 35.3 Å². The molecule has 1 aromatic carbocycles. The number of ether oxygens (including phenoxy) is 1. The molecule has 2 atom stereocenters. The number of alkyl halides is 3. The highest BCUT2D eigenvalue weighted by atomic mass is 32.2. The van der Waals surface area contributed by atoms with Crippen molar-refractivity contribution in [3.8, 4) is 0 Å². The van der Waals surface area contributed by atoms with E-state index >= 15 is 0 Å². The molecular formula is C22H27F4N3O7S3. The van der Waals surface area contributed by atoms with Gasteiger partial charge >= 0.3 is 12.1 Å². The summed E-state index contributed by atoms with van der Waals surface area (Å²) in [5, 5.41) is 7.12. The zero-order valence-corrected chi connectivity index (χ0v) is 22.8. The average molecular weight is 618 g/mol. The minimum atomic E-state index is -5.08. The third-order valence-electron chi connectivity index (χ3n) is 6.10. The lowest BCUT2D eigenvalue weighted by molar-refractivity contribution is -0.192. The molecule has 2 saturated heterocycles. The summed E-state index contributed by atoms with van der Waals surface area (Å²) in [4.78, 5) is 9.63. The molecule has 218 valence electrons. The molecule has 17 heteroatoms. The van der Waals surface area contributed by atoms with Gasteiger partial charge in [0, 0.05) is 43.0 Å². The fourth-order valence-electron chi connectivity index (χ4n) is 4.25. The van der Waals surface area contributed by atoms with Crippen molar-refractivity contribution >= 4 is 37.4 Å². The highest BCUT2D eigenvalue weighted by Crippen LogP contribution is 2.37. The second-order valence-electron chi connectivity index (χ2n) is 8.71. The Labute approximate surface area is 227 Å². The van der Waals surface area contributed by atoms with Crippen molar-refractivity contribution < 1.29 is 49.0 Å². The van der Waals surface area contributed by atoms with Gasteiger partial charge in [0.1, 0.15) is 10.0 Å². The quantitative estimate of drug-likeness (QED) is 0.450. The number of hydrogen-bond donors (Lipinski definition) is 2. The zero-order valence-electron chi connectivity index (χ0n) is 20.4. The minimum Gasteiger partial charge on any atom is -0.475 e. The van der Waals surface area contributed by atoms with E-state index in [1.54, 1.807) is 24.3 Å². The molecule has 0 saturated carbocycles. The van der Waals surface area contributed by atoms with E-state index in [-0.39, 0.29) is 55.8 Å². The molecule has 0 radical (unpaired) electrons. The van der Waals surface area contributed by atoms with Crippen LogP contribution in [0.4, 0.5) is 17.6 Å². The molecule has 0 bridgehead atoms. The van der Waals surface area contributed by atoms with E-state index in [1.165, 1.54) is 20.7 Å². The molecule has 2 aliphatic heterocycles. The summed E-state index contributed by atoms with van der Waals surface area (Å²) in [6.45, 7) is 1.23. The molecule has 0 aliphatic carbocycles. The van der Waals surface area contributed by atoms with Gasteiger partial charge in [-0.1, -0.05) is 18.2 Å². The summed E-state index contributed by atoms with van der Waals surface area (Å²) in [5.41, 5.74) is 6.00. The first-order chi connectivity index (χ1) is 18.2. The van der Waals surface area contributed by atoms with Gasteiger partial charge in [-0.15, -0.1) is 11.3 Å². The van der Waals surface area contributed by atoms with Crippen LogP contribution >= 0.6 is 11.3 Å². The van der Waals surface area contributed by atoms with Crippen LogP contribution < -0.4 is 5.73 Å². The number of aliphatic carboxylic acids is 1. The minimum absolute atomic E-state index is 0.0271. The van der Waals surface area contributed by atoms with Crippen LogP contribution in [0.2, 0.25) is 0 Å². The topological polar surface area (TPSA) is 147 Å². The molecule has 39 heavy (non-hydrogen) atoms. The number of halogens is 4. The number of thiophene rings is 1. The van der Waals surface area contributed by atoms with Crippen LogP contribution in [0.15, 0.2) is 40.6 Å². The summed E-state index contributed by atoms with van der Waals surface area (Å²) in [5.74, 6) is -3.98. The number of rotatable bonds is 7. The van der Waals surface area contributed by atoms with Gasteiger partial charge in [0.05, 0.1) is 19.0 Å². The maximum absolute atomic E-state index is 14.5. The Balaban J connectivity index is 0.000000532. The van der Waals surface area contributed by atoms with Gasteiger partial charge in [0.2, 0.25) is 0 Å². The zero-order chi connectivity index (χ0) is 29.0. The van der Waals surface area contributed by atoms with E-state index < -0.39 is 50.0 Å². The van der Waals surface area contributed by atoms with Gasteiger partial charge in [-0.3, -0.25) is 0 Å². The molecule has 0 amide bonds. The van der Waals surface area contributed by atoms with Crippen LogP contribution in [0.5, 0.6) is 0 Å². The molecule has 4 rings (SSSR count). The summed E-state index contributed by atoms with van der Waals surface area (Å²) < 4.78 is 107. The van der Waals surface area contributed by atoms with E-state index in [2.05, 4.69) is 0 Å². The fourth-order valence-corrected chi connectivity index (χ4v) is 9.06. The molecule has 3 heterocycles. The van der Waals surface area contributed by atoms with E-state index in [0.29, 0.717) is 5.56 Å². The van der Waals surface area contributed by atoms with Crippen molar-refractivity contribution in [3.63, 3.8) is 0 Å². The normalized spacial score (nSPS) is 21.4. The Hall–Kier alpha value is -2.15. The van der Waals surface area contributed by atoms with Gasteiger partial charge in [0.25, 0.3) is 10.2 Å². The Morgan fingerprint density at radius 2 is 1.72 bits per heavy atom. The first kappa shape index (κ1) is 31.4. The summed E-state index contributed by atoms with van der Waals surface area (Å²) >= 11 is 1.09. The van der Waals surface area contributed by atoms with Crippen LogP contribution in [-0.4, -0.2) is 87.3 Å². The first-order valence-corrected chi connectivity index (χ1v) is 15.4. The van der Waals surface area contributed by atoms with Crippen molar-refractivity contribution in [1.82, 2.24) is 8.61 Å². The Morgan fingerprint density at radius 1 is 1.10 bits per heavy atom. The molecule has 2 aromatic rings. The molecule has 10 nitrogen and oxygen atoms in total. The number of nitrogens with zero attached hydrogens (tertiary/aromatic N) is 2. The second-order valence-corrected chi connectivity index (χ2v) is 14.0. The molecule has 1 aromatic heterocycles. The number of nitrogens with two attached hydrogens (primary N) is 1. The Morgan fingerprint density at radius 3 is 2.26 bits per heavy atom. The van der Waals surface area contributed by atoms with Gasteiger partial charge in [-0.05, 0) is 30.2 Å². The summed E-state index contributed by atoms with van der Waals surface area (Å²) in [7, 11) is -7.69. The van der Waals surface area contributed by atoms with Crippen LogP contribution in [0.3, 0.4) is 0 Å². The molecule has 0 spiro atoms. The van der Waals surface area contributed by atoms with Gasteiger partial charge in [0.15, 0.2) is 9.84 Å². The highest BCUT2D eigenvalue weighted by Gasteiger charge is 2.45. The SMILES string of the molecule is NCc1ccc(S(=O)(=O)CC2CC(c3ccccc3F)CN2S(=O)(=O)N2CCOCC2)s1.O=C(O)C(F)(F)F. The maximum Gasteiger partial charge on any atom is 0.490 e. The third-order valence-corrected chi connectivity index (χ3v) is 11.6. The molecule has 3 N–H and O–H groups in total. The smallest absolute Gasteiger partial charge is 0.475 e. The highest BCUT2D eigenvalue weighted by molar-refractivity contribution is 7.93. The number of carboxylic acid groups (broad SMARTS) is 1. The fraction of sp³-hybridized carbons (Fsp3) is 0.500. The lowest BCUT2D eigenvalue weighted by Crippen LogP contribution is -2.51. The number of carboxylic acids is 1. The second kappa shape index (κ2) is 12.6. The number of carbonyl (C=O) groups is 1. The van der Waals surface area contributed by atoms with E-state index in [0.717, 1.165) is 16.2 Å². The Kier molecular flexibility index (Phi) is 10.1. The average Bonchev–Trinajstić information content (AvgIpc) is 3.53. The van der Waals surface area contributed by atoms with Crippen LogP contribution in [0.25, 0.3) is 0 Å². The number of sulfone groups is 1.